The van der Waals surface area contributed by atoms with E-state index in [0.29, 0.717) is 18.2 Å². The number of benzene rings is 2. The first-order chi connectivity index (χ1) is 14.0. The standard InChI is InChI=1S/C23H24N4O2/c1-4-29-19-11-9-18(10-12-19)25-23-24-15(2)13-20(26-23)22(28)27-16(3)14-17-7-5-6-8-21(17)27/h5-13,16H,4,14H2,1-3H3,(H,24,25,26). The third kappa shape index (κ3) is 3.92. The molecule has 1 atom stereocenters. The van der Waals surface area contributed by atoms with E-state index in [1.165, 1.54) is 5.56 Å². The highest BCUT2D eigenvalue weighted by Crippen LogP contribution is 2.33. The number of carbonyl (C=O) groups is 1. The Balaban J connectivity index is 1.59. The van der Waals surface area contributed by atoms with Crippen LogP contribution in [0.25, 0.3) is 0 Å². The predicted octanol–water partition coefficient (Wildman–Crippen LogP) is 4.52. The maximum absolute atomic E-state index is 13.3. The van der Waals surface area contributed by atoms with Crippen molar-refractivity contribution in [3.63, 3.8) is 0 Å². The van der Waals surface area contributed by atoms with Crippen LogP contribution in [0.2, 0.25) is 0 Å². The second kappa shape index (κ2) is 7.91. The molecule has 1 amide bonds. The lowest BCUT2D eigenvalue weighted by Gasteiger charge is -2.22. The summed E-state index contributed by atoms with van der Waals surface area (Å²) in [5.74, 6) is 1.10. The molecule has 0 spiro atoms. The van der Waals surface area contributed by atoms with Crippen LogP contribution in [0, 0.1) is 6.92 Å². The van der Waals surface area contributed by atoms with Gasteiger partial charge in [-0.05, 0) is 69.2 Å². The number of rotatable bonds is 5. The minimum Gasteiger partial charge on any atom is -0.494 e. The maximum Gasteiger partial charge on any atom is 0.277 e. The third-order valence-corrected chi connectivity index (χ3v) is 4.92. The molecule has 0 radical (unpaired) electrons. The molecule has 1 unspecified atom stereocenters. The largest absolute Gasteiger partial charge is 0.494 e. The van der Waals surface area contributed by atoms with Crippen LogP contribution < -0.4 is 15.0 Å². The quantitative estimate of drug-likeness (QED) is 0.696. The highest BCUT2D eigenvalue weighted by molar-refractivity contribution is 6.06. The Morgan fingerprint density at radius 3 is 2.69 bits per heavy atom. The Labute approximate surface area is 170 Å². The molecule has 1 aliphatic rings. The van der Waals surface area contributed by atoms with Crippen molar-refractivity contribution in [3.8, 4) is 5.75 Å². The Hall–Kier alpha value is -3.41. The number of aromatic nitrogens is 2. The summed E-state index contributed by atoms with van der Waals surface area (Å²) >= 11 is 0. The van der Waals surface area contributed by atoms with E-state index in [2.05, 4.69) is 28.3 Å². The molecule has 148 valence electrons. The van der Waals surface area contributed by atoms with E-state index < -0.39 is 0 Å². The summed E-state index contributed by atoms with van der Waals surface area (Å²) in [6.07, 6.45) is 0.850. The van der Waals surface area contributed by atoms with Gasteiger partial charge in [-0.15, -0.1) is 0 Å². The van der Waals surface area contributed by atoms with Crippen molar-refractivity contribution in [1.29, 1.82) is 0 Å². The molecule has 6 heteroatoms. The van der Waals surface area contributed by atoms with E-state index in [9.17, 15) is 4.79 Å². The lowest BCUT2D eigenvalue weighted by Crippen LogP contribution is -2.36. The topological polar surface area (TPSA) is 67.3 Å². The molecule has 3 aromatic rings. The van der Waals surface area contributed by atoms with Gasteiger partial charge in [-0.2, -0.15) is 0 Å². The number of ether oxygens (including phenoxy) is 1. The monoisotopic (exact) mass is 388 g/mol. The summed E-state index contributed by atoms with van der Waals surface area (Å²) in [6.45, 7) is 6.50. The zero-order valence-electron chi connectivity index (χ0n) is 16.8. The van der Waals surface area contributed by atoms with Crippen LogP contribution in [0.1, 0.15) is 35.6 Å². The number of fused-ring (bicyclic) bond motifs is 1. The molecule has 1 aliphatic heterocycles. The van der Waals surface area contributed by atoms with Gasteiger partial charge in [-0.1, -0.05) is 18.2 Å². The lowest BCUT2D eigenvalue weighted by atomic mass is 10.1. The average molecular weight is 388 g/mol. The number of hydrogen-bond donors (Lipinski definition) is 1. The van der Waals surface area contributed by atoms with Gasteiger partial charge in [0.1, 0.15) is 11.4 Å². The van der Waals surface area contributed by atoms with E-state index in [1.54, 1.807) is 6.07 Å². The molecule has 6 nitrogen and oxygen atoms in total. The van der Waals surface area contributed by atoms with Gasteiger partial charge in [0, 0.05) is 23.1 Å². The van der Waals surface area contributed by atoms with Crippen LogP contribution in [0.15, 0.2) is 54.6 Å². The van der Waals surface area contributed by atoms with Crippen molar-refractivity contribution in [3.05, 3.63) is 71.5 Å². The predicted molar refractivity (Wildman–Crippen MR) is 114 cm³/mol. The van der Waals surface area contributed by atoms with Crippen LogP contribution in [-0.4, -0.2) is 28.5 Å². The van der Waals surface area contributed by atoms with Crippen molar-refractivity contribution >= 4 is 23.2 Å². The first-order valence-electron chi connectivity index (χ1n) is 9.82. The summed E-state index contributed by atoms with van der Waals surface area (Å²) in [6, 6.07) is 17.4. The fourth-order valence-corrected chi connectivity index (χ4v) is 3.66. The van der Waals surface area contributed by atoms with Crippen LogP contribution in [-0.2, 0) is 6.42 Å². The summed E-state index contributed by atoms with van der Waals surface area (Å²) in [7, 11) is 0. The second-order valence-electron chi connectivity index (χ2n) is 7.16. The SMILES string of the molecule is CCOc1ccc(Nc2nc(C)cc(C(=O)N3c4ccccc4CC3C)n2)cc1. The Morgan fingerprint density at radius 1 is 1.17 bits per heavy atom. The highest BCUT2D eigenvalue weighted by Gasteiger charge is 2.32. The molecular weight excluding hydrogens is 364 g/mol. The van der Waals surface area contributed by atoms with Gasteiger partial charge in [-0.25, -0.2) is 9.97 Å². The number of hydrogen-bond acceptors (Lipinski definition) is 5. The van der Waals surface area contributed by atoms with Crippen molar-refractivity contribution in [2.24, 2.45) is 0 Å². The van der Waals surface area contributed by atoms with Crippen molar-refractivity contribution in [2.75, 3.05) is 16.8 Å². The summed E-state index contributed by atoms with van der Waals surface area (Å²) < 4.78 is 5.47. The molecular formula is C23H24N4O2. The van der Waals surface area contributed by atoms with Gasteiger partial charge in [0.2, 0.25) is 5.95 Å². The normalized spacial score (nSPS) is 15.1. The smallest absolute Gasteiger partial charge is 0.277 e. The van der Waals surface area contributed by atoms with E-state index in [4.69, 9.17) is 4.74 Å². The molecule has 2 heterocycles. The Kier molecular flexibility index (Phi) is 5.16. The fourth-order valence-electron chi connectivity index (χ4n) is 3.66. The van der Waals surface area contributed by atoms with Crippen molar-refractivity contribution in [1.82, 2.24) is 9.97 Å². The number of nitrogens with one attached hydrogen (secondary N) is 1. The zero-order valence-corrected chi connectivity index (χ0v) is 16.8. The molecule has 1 N–H and O–H groups in total. The number of anilines is 3. The van der Waals surface area contributed by atoms with Crippen molar-refractivity contribution < 1.29 is 9.53 Å². The van der Waals surface area contributed by atoms with E-state index in [0.717, 1.165) is 29.2 Å². The first kappa shape index (κ1) is 18.9. The third-order valence-electron chi connectivity index (χ3n) is 4.92. The molecule has 0 bridgehead atoms. The van der Waals surface area contributed by atoms with Gasteiger partial charge < -0.3 is 15.0 Å². The Morgan fingerprint density at radius 2 is 1.93 bits per heavy atom. The first-order valence-corrected chi connectivity index (χ1v) is 9.82. The minimum atomic E-state index is -0.109. The number of amides is 1. The molecule has 0 saturated heterocycles. The molecule has 0 fully saturated rings. The van der Waals surface area contributed by atoms with Crippen LogP contribution in [0.3, 0.4) is 0 Å². The van der Waals surface area contributed by atoms with E-state index in [1.807, 2.05) is 61.2 Å². The number of aryl methyl sites for hydroxylation is 1. The second-order valence-corrected chi connectivity index (χ2v) is 7.16. The zero-order chi connectivity index (χ0) is 20.4. The van der Waals surface area contributed by atoms with Gasteiger partial charge in [-0.3, -0.25) is 4.79 Å². The summed E-state index contributed by atoms with van der Waals surface area (Å²) in [5.41, 5.74) is 4.10. The number of carbonyl (C=O) groups excluding carboxylic acids is 1. The highest BCUT2D eigenvalue weighted by atomic mass is 16.5. The van der Waals surface area contributed by atoms with Gasteiger partial charge >= 0.3 is 0 Å². The summed E-state index contributed by atoms with van der Waals surface area (Å²) in [4.78, 5) is 24.0. The van der Waals surface area contributed by atoms with Crippen LogP contribution in [0.4, 0.5) is 17.3 Å². The van der Waals surface area contributed by atoms with E-state index in [-0.39, 0.29) is 11.9 Å². The molecule has 2 aromatic carbocycles. The lowest BCUT2D eigenvalue weighted by molar-refractivity contribution is 0.0976. The van der Waals surface area contributed by atoms with Gasteiger partial charge in [0.25, 0.3) is 5.91 Å². The molecule has 4 rings (SSSR count). The maximum atomic E-state index is 13.3. The fraction of sp³-hybridized carbons (Fsp3) is 0.261. The molecule has 0 saturated carbocycles. The number of para-hydroxylation sites is 1. The van der Waals surface area contributed by atoms with E-state index >= 15 is 0 Å². The molecule has 0 aliphatic carbocycles. The van der Waals surface area contributed by atoms with Gasteiger partial charge in [0.15, 0.2) is 0 Å². The minimum absolute atomic E-state index is 0.0951. The number of nitrogens with zero attached hydrogens (tertiary/aromatic N) is 3. The summed E-state index contributed by atoms with van der Waals surface area (Å²) in [5, 5.41) is 3.18. The van der Waals surface area contributed by atoms with Crippen LogP contribution >= 0.6 is 0 Å². The molecule has 1 aromatic heterocycles. The van der Waals surface area contributed by atoms with Crippen LogP contribution in [0.5, 0.6) is 5.75 Å². The van der Waals surface area contributed by atoms with Gasteiger partial charge in [0.05, 0.1) is 6.61 Å². The Bertz CT molecular complexity index is 1030. The average Bonchev–Trinajstić information content (AvgIpc) is 3.04. The van der Waals surface area contributed by atoms with Crippen molar-refractivity contribution in [2.45, 2.75) is 33.2 Å². The molecule has 29 heavy (non-hydrogen) atoms.